The van der Waals surface area contributed by atoms with Gasteiger partial charge in [0.05, 0.1) is 35.5 Å². The second-order valence-corrected chi connectivity index (χ2v) is 10.6. The lowest BCUT2D eigenvalue weighted by molar-refractivity contribution is -0.136. The minimum absolute atomic E-state index is 0.0240. The molecule has 2 aromatic heterocycles. The van der Waals surface area contributed by atoms with Gasteiger partial charge in [-0.3, -0.25) is 0 Å². The number of aromatic nitrogens is 3. The summed E-state index contributed by atoms with van der Waals surface area (Å²) < 4.78 is 85.3. The van der Waals surface area contributed by atoms with E-state index < -0.39 is 21.8 Å². The molecule has 0 atom stereocenters. The van der Waals surface area contributed by atoms with Crippen molar-refractivity contribution in [1.82, 2.24) is 19.3 Å². The lowest BCUT2D eigenvalue weighted by Crippen LogP contribution is -2.40. The van der Waals surface area contributed by atoms with E-state index in [1.807, 2.05) is 0 Å². The standard InChI is InChI=1S/C22H22F3N5O5S/c23-22(24,25)13-11-26-20-16(13)17(12-1-2-12)28-21(29-20)27-14-3-4-15(19-18(14)34-9-10-35-19)36(31,32)30-5-7-33-8-6-30/h3-4,11-12H,1-2,5-10H2,(H2,26,27,28,29). The third-order valence-corrected chi connectivity index (χ3v) is 8.24. The summed E-state index contributed by atoms with van der Waals surface area (Å²) in [5, 5.41) is 2.97. The summed E-state index contributed by atoms with van der Waals surface area (Å²) in [6.07, 6.45) is -2.14. The molecule has 2 aliphatic heterocycles. The summed E-state index contributed by atoms with van der Waals surface area (Å²) in [7, 11) is -3.87. The molecule has 0 radical (unpaired) electrons. The van der Waals surface area contributed by atoms with Gasteiger partial charge in [0.2, 0.25) is 16.0 Å². The molecule has 10 nitrogen and oxygen atoms in total. The van der Waals surface area contributed by atoms with Crippen molar-refractivity contribution in [2.24, 2.45) is 0 Å². The number of anilines is 2. The predicted octanol–water partition coefficient (Wildman–Crippen LogP) is 3.39. The topological polar surface area (TPSA) is 119 Å². The number of nitrogens with one attached hydrogen (secondary N) is 2. The largest absolute Gasteiger partial charge is 0.485 e. The lowest BCUT2D eigenvalue weighted by Gasteiger charge is -2.29. The molecule has 3 aliphatic rings. The summed E-state index contributed by atoms with van der Waals surface area (Å²) >= 11 is 0. The Morgan fingerprint density at radius 3 is 2.44 bits per heavy atom. The first kappa shape index (κ1) is 23.3. The second kappa shape index (κ2) is 8.49. The molecule has 3 aromatic rings. The highest BCUT2D eigenvalue weighted by molar-refractivity contribution is 7.89. The summed E-state index contributed by atoms with van der Waals surface area (Å²) in [4.78, 5) is 11.3. The van der Waals surface area contributed by atoms with Crippen LogP contribution in [0.4, 0.5) is 24.8 Å². The van der Waals surface area contributed by atoms with Gasteiger partial charge >= 0.3 is 6.18 Å². The van der Waals surface area contributed by atoms with Gasteiger partial charge < -0.3 is 24.5 Å². The van der Waals surface area contributed by atoms with Gasteiger partial charge in [0, 0.05) is 25.2 Å². The number of H-pyrrole nitrogens is 1. The normalized spacial score (nSPS) is 19.0. The molecule has 4 heterocycles. The molecule has 0 amide bonds. The number of nitrogens with zero attached hydrogens (tertiary/aromatic N) is 3. The second-order valence-electron chi connectivity index (χ2n) is 8.74. The molecule has 0 spiro atoms. The molecule has 0 bridgehead atoms. The van der Waals surface area contributed by atoms with Crippen LogP contribution in [0.2, 0.25) is 0 Å². The summed E-state index contributed by atoms with van der Waals surface area (Å²) in [5.74, 6) is 0.234. The molecule has 14 heteroatoms. The molecule has 1 saturated heterocycles. The maximum absolute atomic E-state index is 13.5. The third-order valence-electron chi connectivity index (χ3n) is 6.32. The Bertz CT molecular complexity index is 1430. The molecule has 0 unspecified atom stereocenters. The van der Waals surface area contributed by atoms with E-state index in [2.05, 4.69) is 20.3 Å². The van der Waals surface area contributed by atoms with E-state index >= 15 is 0 Å². The van der Waals surface area contributed by atoms with Crippen molar-refractivity contribution in [2.45, 2.75) is 29.8 Å². The monoisotopic (exact) mass is 525 g/mol. The molecule has 1 aliphatic carbocycles. The maximum atomic E-state index is 13.5. The molecule has 1 aromatic carbocycles. The van der Waals surface area contributed by atoms with Crippen LogP contribution in [-0.4, -0.2) is 67.2 Å². The number of hydrogen-bond donors (Lipinski definition) is 2. The van der Waals surface area contributed by atoms with Crippen LogP contribution >= 0.6 is 0 Å². The predicted molar refractivity (Wildman–Crippen MR) is 121 cm³/mol. The zero-order valence-electron chi connectivity index (χ0n) is 18.9. The molecular formula is C22H22F3N5O5S. The van der Waals surface area contributed by atoms with Gasteiger partial charge in [-0.15, -0.1) is 0 Å². The van der Waals surface area contributed by atoms with Crippen molar-refractivity contribution < 1.29 is 35.8 Å². The first-order valence-corrected chi connectivity index (χ1v) is 12.9. The molecule has 6 rings (SSSR count). The van der Waals surface area contributed by atoms with E-state index in [0.717, 1.165) is 19.0 Å². The number of fused-ring (bicyclic) bond motifs is 2. The third kappa shape index (κ3) is 4.02. The number of sulfonamides is 1. The molecule has 192 valence electrons. The quantitative estimate of drug-likeness (QED) is 0.521. The van der Waals surface area contributed by atoms with E-state index in [9.17, 15) is 21.6 Å². The minimum Gasteiger partial charge on any atom is -0.485 e. The van der Waals surface area contributed by atoms with Gasteiger partial charge in [-0.25, -0.2) is 13.4 Å². The van der Waals surface area contributed by atoms with Crippen molar-refractivity contribution >= 4 is 32.7 Å². The number of alkyl halides is 3. The number of hydrogen-bond acceptors (Lipinski definition) is 8. The number of aromatic amines is 1. The van der Waals surface area contributed by atoms with Crippen LogP contribution in [0.3, 0.4) is 0 Å². The summed E-state index contributed by atoms with van der Waals surface area (Å²) in [6, 6.07) is 2.93. The fourth-order valence-electron chi connectivity index (χ4n) is 4.45. The zero-order chi connectivity index (χ0) is 25.1. The van der Waals surface area contributed by atoms with Gasteiger partial charge in [-0.2, -0.15) is 22.5 Å². The number of morpholine rings is 1. The van der Waals surface area contributed by atoms with E-state index in [1.165, 1.54) is 16.4 Å². The number of rotatable bonds is 5. The van der Waals surface area contributed by atoms with Crippen LogP contribution in [-0.2, 0) is 20.9 Å². The van der Waals surface area contributed by atoms with E-state index in [-0.39, 0.29) is 65.6 Å². The number of benzene rings is 1. The maximum Gasteiger partial charge on any atom is 0.418 e. The summed E-state index contributed by atoms with van der Waals surface area (Å²) in [6.45, 7) is 1.42. The molecule has 36 heavy (non-hydrogen) atoms. The number of ether oxygens (including phenoxy) is 3. The first-order chi connectivity index (χ1) is 17.2. The molecule has 2 N–H and O–H groups in total. The first-order valence-electron chi connectivity index (χ1n) is 11.5. The highest BCUT2D eigenvalue weighted by Gasteiger charge is 2.39. The number of halogens is 3. The van der Waals surface area contributed by atoms with Crippen LogP contribution in [0.15, 0.2) is 23.2 Å². The molecular weight excluding hydrogens is 503 g/mol. The summed E-state index contributed by atoms with van der Waals surface area (Å²) in [5.41, 5.74) is -0.0556. The van der Waals surface area contributed by atoms with Crippen molar-refractivity contribution in [2.75, 3.05) is 44.8 Å². The Kier molecular flexibility index (Phi) is 5.50. The smallest absolute Gasteiger partial charge is 0.418 e. The van der Waals surface area contributed by atoms with Crippen LogP contribution < -0.4 is 14.8 Å². The zero-order valence-corrected chi connectivity index (χ0v) is 19.7. The average molecular weight is 526 g/mol. The van der Waals surface area contributed by atoms with Gasteiger partial charge in [-0.1, -0.05) is 0 Å². The minimum atomic E-state index is -4.54. The Balaban J connectivity index is 1.40. The Morgan fingerprint density at radius 1 is 1.03 bits per heavy atom. The highest BCUT2D eigenvalue weighted by Crippen LogP contribution is 2.47. The van der Waals surface area contributed by atoms with Crippen molar-refractivity contribution in [3.63, 3.8) is 0 Å². The molecule has 1 saturated carbocycles. The van der Waals surface area contributed by atoms with Gasteiger partial charge in [0.1, 0.15) is 23.8 Å². The van der Waals surface area contributed by atoms with Gasteiger partial charge in [0.25, 0.3) is 0 Å². The van der Waals surface area contributed by atoms with Crippen LogP contribution in [0.1, 0.15) is 30.0 Å². The van der Waals surface area contributed by atoms with Crippen LogP contribution in [0.5, 0.6) is 11.5 Å². The lowest BCUT2D eigenvalue weighted by atomic mass is 10.1. The van der Waals surface area contributed by atoms with E-state index in [1.54, 1.807) is 0 Å². The fourth-order valence-corrected chi connectivity index (χ4v) is 5.99. The Morgan fingerprint density at radius 2 is 1.75 bits per heavy atom. The average Bonchev–Trinajstić information content (AvgIpc) is 3.61. The Hall–Kier alpha value is -3.10. The fraction of sp³-hybridized carbons (Fsp3) is 0.455. The SMILES string of the molecule is O=S(=O)(c1ccc(Nc2nc(C3CC3)c3c(C(F)(F)F)c[nH]c3n2)c2c1OCCO2)N1CCOCC1. The Labute approximate surface area is 203 Å². The van der Waals surface area contributed by atoms with Crippen molar-refractivity contribution in [3.8, 4) is 11.5 Å². The molecule has 2 fully saturated rings. The highest BCUT2D eigenvalue weighted by atomic mass is 32.2. The van der Waals surface area contributed by atoms with Crippen LogP contribution in [0, 0.1) is 0 Å². The van der Waals surface area contributed by atoms with E-state index in [0.29, 0.717) is 24.6 Å². The van der Waals surface area contributed by atoms with Crippen molar-refractivity contribution in [3.05, 3.63) is 29.6 Å². The van der Waals surface area contributed by atoms with Crippen molar-refractivity contribution in [1.29, 1.82) is 0 Å². The van der Waals surface area contributed by atoms with E-state index in [4.69, 9.17) is 14.2 Å². The van der Waals surface area contributed by atoms with Gasteiger partial charge in [-0.05, 0) is 25.0 Å². The van der Waals surface area contributed by atoms with Gasteiger partial charge in [0.15, 0.2) is 11.5 Å². The van der Waals surface area contributed by atoms with Crippen LogP contribution in [0.25, 0.3) is 11.0 Å².